The van der Waals surface area contributed by atoms with Gasteiger partial charge in [-0.3, -0.25) is 9.59 Å². The monoisotopic (exact) mass is 289 g/mol. The van der Waals surface area contributed by atoms with E-state index >= 15 is 0 Å². The minimum Gasteiger partial charge on any atom is -0.366 e. The first-order valence-electron chi connectivity index (χ1n) is 7.38. The molecule has 0 saturated carbocycles. The van der Waals surface area contributed by atoms with Crippen LogP contribution >= 0.6 is 0 Å². The van der Waals surface area contributed by atoms with E-state index in [9.17, 15) is 9.59 Å². The molecule has 1 fully saturated rings. The number of hydrogen-bond acceptors (Lipinski definition) is 3. The number of primary amides is 1. The first-order valence-corrected chi connectivity index (χ1v) is 7.38. The Balaban J connectivity index is 2.01. The molecule has 1 aromatic carbocycles. The Morgan fingerprint density at radius 3 is 2.81 bits per heavy atom. The first-order chi connectivity index (χ1) is 10.0. The Hall–Kier alpha value is -1.88. The standard InChI is InChI=1S/C16H23N3O2/c1-11-5-6-19(10-14(11)9-17)15(20)8-12-3-2-4-13(7-12)16(18)21/h2-4,7,11,14H,5-6,8-10,17H2,1H3,(H2,18,21). The summed E-state index contributed by atoms with van der Waals surface area (Å²) >= 11 is 0. The Kier molecular flexibility index (Phi) is 4.96. The number of carbonyl (C=O) groups is 2. The lowest BCUT2D eigenvalue weighted by molar-refractivity contribution is -0.132. The number of rotatable bonds is 4. The fraction of sp³-hybridized carbons (Fsp3) is 0.500. The van der Waals surface area contributed by atoms with Gasteiger partial charge in [-0.25, -0.2) is 0 Å². The number of nitrogens with two attached hydrogens (primary N) is 2. The van der Waals surface area contributed by atoms with Crippen molar-refractivity contribution in [1.29, 1.82) is 0 Å². The number of benzene rings is 1. The van der Waals surface area contributed by atoms with Crippen LogP contribution in [0.3, 0.4) is 0 Å². The molecular formula is C16H23N3O2. The van der Waals surface area contributed by atoms with Crippen LogP contribution in [0.25, 0.3) is 0 Å². The van der Waals surface area contributed by atoms with Crippen LogP contribution in [0.15, 0.2) is 24.3 Å². The van der Waals surface area contributed by atoms with Crippen molar-refractivity contribution >= 4 is 11.8 Å². The van der Waals surface area contributed by atoms with Gasteiger partial charge in [0.1, 0.15) is 0 Å². The van der Waals surface area contributed by atoms with Crippen LogP contribution in [-0.2, 0) is 11.2 Å². The quantitative estimate of drug-likeness (QED) is 0.858. The zero-order valence-corrected chi connectivity index (χ0v) is 12.4. The lowest BCUT2D eigenvalue weighted by Gasteiger charge is -2.36. The van der Waals surface area contributed by atoms with Crippen LogP contribution in [0, 0.1) is 11.8 Å². The highest BCUT2D eigenvalue weighted by atomic mass is 16.2. The van der Waals surface area contributed by atoms with E-state index in [0.717, 1.165) is 25.1 Å². The molecule has 114 valence electrons. The van der Waals surface area contributed by atoms with Crippen LogP contribution in [0.4, 0.5) is 0 Å². The highest BCUT2D eigenvalue weighted by molar-refractivity contribution is 5.93. The van der Waals surface area contributed by atoms with E-state index in [2.05, 4.69) is 6.92 Å². The molecule has 2 unspecified atom stereocenters. The first kappa shape index (κ1) is 15.5. The summed E-state index contributed by atoms with van der Waals surface area (Å²) in [7, 11) is 0. The van der Waals surface area contributed by atoms with E-state index in [-0.39, 0.29) is 5.91 Å². The van der Waals surface area contributed by atoms with Gasteiger partial charge < -0.3 is 16.4 Å². The fourth-order valence-corrected chi connectivity index (χ4v) is 2.80. The van der Waals surface area contributed by atoms with Crippen LogP contribution < -0.4 is 11.5 Å². The SMILES string of the molecule is CC1CCN(C(=O)Cc2cccc(C(N)=O)c2)CC1CN. The van der Waals surface area contributed by atoms with E-state index in [1.807, 2.05) is 11.0 Å². The van der Waals surface area contributed by atoms with Gasteiger partial charge in [0.15, 0.2) is 0 Å². The van der Waals surface area contributed by atoms with Crippen molar-refractivity contribution < 1.29 is 9.59 Å². The number of piperidine rings is 1. The van der Waals surface area contributed by atoms with Crippen LogP contribution in [0.5, 0.6) is 0 Å². The molecule has 21 heavy (non-hydrogen) atoms. The molecule has 2 rings (SSSR count). The Morgan fingerprint density at radius 2 is 2.14 bits per heavy atom. The van der Waals surface area contributed by atoms with Gasteiger partial charge in [0, 0.05) is 18.7 Å². The molecular weight excluding hydrogens is 266 g/mol. The normalized spacial score (nSPS) is 22.1. The van der Waals surface area contributed by atoms with E-state index in [1.165, 1.54) is 0 Å². The third-order valence-corrected chi connectivity index (χ3v) is 4.34. The minimum atomic E-state index is -0.473. The lowest BCUT2D eigenvalue weighted by atomic mass is 9.87. The lowest BCUT2D eigenvalue weighted by Crippen LogP contribution is -2.46. The molecule has 5 nitrogen and oxygen atoms in total. The highest BCUT2D eigenvalue weighted by Crippen LogP contribution is 2.22. The van der Waals surface area contributed by atoms with E-state index in [0.29, 0.717) is 30.4 Å². The van der Waals surface area contributed by atoms with Crippen molar-refractivity contribution in [3.63, 3.8) is 0 Å². The second-order valence-corrected chi connectivity index (χ2v) is 5.84. The number of carbonyl (C=O) groups excluding carboxylic acids is 2. The maximum absolute atomic E-state index is 12.4. The molecule has 0 spiro atoms. The Morgan fingerprint density at radius 1 is 1.38 bits per heavy atom. The molecule has 0 aromatic heterocycles. The van der Waals surface area contributed by atoms with Gasteiger partial charge in [0.25, 0.3) is 0 Å². The average Bonchev–Trinajstić information content (AvgIpc) is 2.47. The topological polar surface area (TPSA) is 89.4 Å². The zero-order chi connectivity index (χ0) is 15.4. The molecule has 1 heterocycles. The molecule has 2 atom stereocenters. The van der Waals surface area contributed by atoms with Crippen molar-refractivity contribution in [2.24, 2.45) is 23.3 Å². The minimum absolute atomic E-state index is 0.0852. The van der Waals surface area contributed by atoms with Gasteiger partial charge in [0.05, 0.1) is 6.42 Å². The Bertz CT molecular complexity index is 530. The maximum atomic E-state index is 12.4. The molecule has 0 radical (unpaired) electrons. The highest BCUT2D eigenvalue weighted by Gasteiger charge is 2.27. The number of nitrogens with zero attached hydrogens (tertiary/aromatic N) is 1. The summed E-state index contributed by atoms with van der Waals surface area (Å²) in [5.41, 5.74) is 12.3. The molecule has 1 aliphatic heterocycles. The van der Waals surface area contributed by atoms with Gasteiger partial charge in [-0.1, -0.05) is 19.1 Å². The van der Waals surface area contributed by atoms with Gasteiger partial charge in [-0.2, -0.15) is 0 Å². The summed E-state index contributed by atoms with van der Waals surface area (Å²) in [6.07, 6.45) is 1.29. The summed E-state index contributed by atoms with van der Waals surface area (Å²) in [6, 6.07) is 6.94. The van der Waals surface area contributed by atoms with Gasteiger partial charge in [-0.05, 0) is 42.5 Å². The van der Waals surface area contributed by atoms with E-state index in [1.54, 1.807) is 18.2 Å². The summed E-state index contributed by atoms with van der Waals surface area (Å²) in [5.74, 6) is 0.554. The van der Waals surface area contributed by atoms with Crippen molar-refractivity contribution in [3.8, 4) is 0 Å². The second-order valence-electron chi connectivity index (χ2n) is 5.84. The molecule has 0 aliphatic carbocycles. The summed E-state index contributed by atoms with van der Waals surface area (Å²) < 4.78 is 0. The smallest absolute Gasteiger partial charge is 0.248 e. The Labute approximate surface area is 125 Å². The largest absolute Gasteiger partial charge is 0.366 e. The third-order valence-electron chi connectivity index (χ3n) is 4.34. The molecule has 1 saturated heterocycles. The number of likely N-dealkylation sites (tertiary alicyclic amines) is 1. The van der Waals surface area contributed by atoms with Gasteiger partial charge >= 0.3 is 0 Å². The molecule has 5 heteroatoms. The van der Waals surface area contributed by atoms with Crippen molar-refractivity contribution in [3.05, 3.63) is 35.4 Å². The van der Waals surface area contributed by atoms with E-state index < -0.39 is 5.91 Å². The van der Waals surface area contributed by atoms with Crippen LogP contribution in [0.2, 0.25) is 0 Å². The van der Waals surface area contributed by atoms with Gasteiger partial charge in [0.2, 0.25) is 11.8 Å². The molecule has 2 amide bonds. The summed E-state index contributed by atoms with van der Waals surface area (Å²) in [4.78, 5) is 25.4. The van der Waals surface area contributed by atoms with Crippen LogP contribution in [0.1, 0.15) is 29.3 Å². The molecule has 0 bridgehead atoms. The molecule has 1 aromatic rings. The summed E-state index contributed by atoms with van der Waals surface area (Å²) in [6.45, 7) is 4.32. The number of amides is 2. The summed E-state index contributed by atoms with van der Waals surface area (Å²) in [5, 5.41) is 0. The second kappa shape index (κ2) is 6.72. The van der Waals surface area contributed by atoms with Crippen molar-refractivity contribution in [2.75, 3.05) is 19.6 Å². The van der Waals surface area contributed by atoms with E-state index in [4.69, 9.17) is 11.5 Å². The maximum Gasteiger partial charge on any atom is 0.248 e. The predicted octanol–water partition coefficient (Wildman–Crippen LogP) is 0.771. The van der Waals surface area contributed by atoms with Crippen molar-refractivity contribution in [2.45, 2.75) is 19.8 Å². The average molecular weight is 289 g/mol. The predicted molar refractivity (Wildman–Crippen MR) is 81.6 cm³/mol. The zero-order valence-electron chi connectivity index (χ0n) is 12.4. The third kappa shape index (κ3) is 3.82. The van der Waals surface area contributed by atoms with Crippen molar-refractivity contribution in [1.82, 2.24) is 4.90 Å². The molecule has 4 N–H and O–H groups in total. The molecule has 1 aliphatic rings. The fourth-order valence-electron chi connectivity index (χ4n) is 2.80. The van der Waals surface area contributed by atoms with Crippen LogP contribution in [-0.4, -0.2) is 36.3 Å². The number of hydrogen-bond donors (Lipinski definition) is 2. The van der Waals surface area contributed by atoms with Gasteiger partial charge in [-0.15, -0.1) is 0 Å².